The van der Waals surface area contributed by atoms with Crippen LogP contribution in [0.4, 0.5) is 5.69 Å². The molecule has 0 fully saturated rings. The highest BCUT2D eigenvalue weighted by Gasteiger charge is 2.07. The average molecular weight is 323 g/mol. The van der Waals surface area contributed by atoms with Crippen LogP contribution in [0.1, 0.15) is 20.8 Å². The van der Waals surface area contributed by atoms with Crippen molar-refractivity contribution >= 4 is 22.9 Å². The molecule has 0 spiro atoms. The summed E-state index contributed by atoms with van der Waals surface area (Å²) in [5.41, 5.74) is 3.18. The molecule has 23 heavy (non-hydrogen) atoms. The fraction of sp³-hybridized carbons (Fsp3) is 0.105. The fourth-order valence-electron chi connectivity index (χ4n) is 2.12. The van der Waals surface area contributed by atoms with Gasteiger partial charge in [0.25, 0.3) is 5.91 Å². The Kier molecular flexibility index (Phi) is 4.44. The first-order valence-electron chi connectivity index (χ1n) is 7.32. The molecule has 0 atom stereocenters. The van der Waals surface area contributed by atoms with Crippen LogP contribution in [0.2, 0.25) is 0 Å². The van der Waals surface area contributed by atoms with Gasteiger partial charge in [-0.1, -0.05) is 12.1 Å². The van der Waals surface area contributed by atoms with Gasteiger partial charge in [0.05, 0.1) is 4.88 Å². The summed E-state index contributed by atoms with van der Waals surface area (Å²) in [6.45, 7) is 4.13. The molecule has 0 saturated carbocycles. The largest absolute Gasteiger partial charge is 0.457 e. The molecule has 4 heteroatoms. The summed E-state index contributed by atoms with van der Waals surface area (Å²) < 4.78 is 5.84. The predicted octanol–water partition coefficient (Wildman–Crippen LogP) is 5.41. The molecule has 0 aliphatic rings. The lowest BCUT2D eigenvalue weighted by molar-refractivity contribution is 0.103. The van der Waals surface area contributed by atoms with E-state index in [4.69, 9.17) is 4.74 Å². The Labute approximate surface area is 139 Å². The summed E-state index contributed by atoms with van der Waals surface area (Å²) in [5.74, 6) is 1.45. The zero-order valence-corrected chi connectivity index (χ0v) is 13.8. The van der Waals surface area contributed by atoms with Crippen LogP contribution < -0.4 is 10.1 Å². The van der Waals surface area contributed by atoms with Crippen LogP contribution >= 0.6 is 11.3 Å². The van der Waals surface area contributed by atoms with E-state index in [1.807, 2.05) is 53.9 Å². The minimum absolute atomic E-state index is 0.0946. The maximum absolute atomic E-state index is 12.0. The van der Waals surface area contributed by atoms with E-state index in [-0.39, 0.29) is 5.91 Å². The highest BCUT2D eigenvalue weighted by atomic mass is 32.1. The third kappa shape index (κ3) is 3.79. The molecule has 3 aromatic rings. The SMILES string of the molecule is Cc1ccc(Oc2ccc(NC(=O)c3cccs3)cc2)cc1C. The summed E-state index contributed by atoms with van der Waals surface area (Å²) in [7, 11) is 0. The van der Waals surface area contributed by atoms with Crippen molar-refractivity contribution in [1.82, 2.24) is 0 Å². The van der Waals surface area contributed by atoms with E-state index in [1.165, 1.54) is 22.5 Å². The Balaban J connectivity index is 1.67. The Morgan fingerprint density at radius 2 is 1.70 bits per heavy atom. The van der Waals surface area contributed by atoms with Crippen LogP contribution in [-0.2, 0) is 0 Å². The molecule has 0 unspecified atom stereocenters. The normalized spacial score (nSPS) is 10.3. The number of rotatable bonds is 4. The summed E-state index contributed by atoms with van der Waals surface area (Å²) in [5, 5.41) is 4.75. The first-order chi connectivity index (χ1) is 11.1. The van der Waals surface area contributed by atoms with Crippen molar-refractivity contribution in [2.24, 2.45) is 0 Å². The monoisotopic (exact) mass is 323 g/mol. The lowest BCUT2D eigenvalue weighted by atomic mass is 10.1. The van der Waals surface area contributed by atoms with Crippen LogP contribution in [0.25, 0.3) is 0 Å². The molecule has 1 heterocycles. The van der Waals surface area contributed by atoms with Gasteiger partial charge in [0.15, 0.2) is 0 Å². The number of amides is 1. The van der Waals surface area contributed by atoms with Gasteiger partial charge < -0.3 is 10.1 Å². The number of aryl methyl sites for hydroxylation is 2. The lowest BCUT2D eigenvalue weighted by Gasteiger charge is -2.09. The molecule has 0 radical (unpaired) electrons. The number of carbonyl (C=O) groups is 1. The quantitative estimate of drug-likeness (QED) is 0.697. The van der Waals surface area contributed by atoms with Crippen molar-refractivity contribution in [1.29, 1.82) is 0 Å². The van der Waals surface area contributed by atoms with Gasteiger partial charge in [-0.05, 0) is 72.8 Å². The Morgan fingerprint density at radius 3 is 2.35 bits per heavy atom. The fourth-order valence-corrected chi connectivity index (χ4v) is 2.74. The minimum Gasteiger partial charge on any atom is -0.457 e. The molecule has 0 saturated heterocycles. The molecule has 3 rings (SSSR count). The minimum atomic E-state index is -0.0946. The zero-order valence-electron chi connectivity index (χ0n) is 13.0. The molecule has 1 amide bonds. The highest BCUT2D eigenvalue weighted by molar-refractivity contribution is 7.12. The number of anilines is 1. The van der Waals surface area contributed by atoms with Crippen molar-refractivity contribution in [3.8, 4) is 11.5 Å². The number of hydrogen-bond donors (Lipinski definition) is 1. The molecule has 3 nitrogen and oxygen atoms in total. The van der Waals surface area contributed by atoms with E-state index in [2.05, 4.69) is 19.2 Å². The summed E-state index contributed by atoms with van der Waals surface area (Å²) in [6, 6.07) is 17.0. The van der Waals surface area contributed by atoms with E-state index >= 15 is 0 Å². The van der Waals surface area contributed by atoms with Crippen LogP contribution in [0, 0.1) is 13.8 Å². The second-order valence-corrected chi connectivity index (χ2v) is 6.25. The number of benzene rings is 2. The van der Waals surface area contributed by atoms with Crippen LogP contribution in [0.3, 0.4) is 0 Å². The number of carbonyl (C=O) groups excluding carboxylic acids is 1. The summed E-state index contributed by atoms with van der Waals surface area (Å²) in [6.07, 6.45) is 0. The Hall–Kier alpha value is -2.59. The third-order valence-electron chi connectivity index (χ3n) is 3.57. The van der Waals surface area contributed by atoms with E-state index < -0.39 is 0 Å². The van der Waals surface area contributed by atoms with Gasteiger partial charge in [0.2, 0.25) is 0 Å². The average Bonchev–Trinajstić information content (AvgIpc) is 3.07. The van der Waals surface area contributed by atoms with Gasteiger partial charge in [-0.25, -0.2) is 0 Å². The molecular formula is C19H17NO2S. The first-order valence-corrected chi connectivity index (χ1v) is 8.20. The molecule has 2 aromatic carbocycles. The van der Waals surface area contributed by atoms with Gasteiger partial charge in [-0.15, -0.1) is 11.3 Å². The Morgan fingerprint density at radius 1 is 0.957 bits per heavy atom. The second-order valence-electron chi connectivity index (χ2n) is 5.30. The van der Waals surface area contributed by atoms with Gasteiger partial charge in [0.1, 0.15) is 11.5 Å². The van der Waals surface area contributed by atoms with Crippen molar-refractivity contribution in [2.75, 3.05) is 5.32 Å². The molecule has 1 N–H and O–H groups in total. The van der Waals surface area contributed by atoms with Gasteiger partial charge in [-0.3, -0.25) is 4.79 Å². The molecule has 0 aliphatic heterocycles. The van der Waals surface area contributed by atoms with E-state index in [0.717, 1.165) is 17.2 Å². The summed E-state index contributed by atoms with van der Waals surface area (Å²) in [4.78, 5) is 12.7. The highest BCUT2D eigenvalue weighted by Crippen LogP contribution is 2.25. The summed E-state index contributed by atoms with van der Waals surface area (Å²) >= 11 is 1.42. The van der Waals surface area contributed by atoms with E-state index in [1.54, 1.807) is 6.07 Å². The van der Waals surface area contributed by atoms with Crippen LogP contribution in [0.15, 0.2) is 60.0 Å². The molecular weight excluding hydrogens is 306 g/mol. The van der Waals surface area contributed by atoms with Gasteiger partial charge in [0, 0.05) is 5.69 Å². The maximum atomic E-state index is 12.0. The van der Waals surface area contributed by atoms with Crippen LogP contribution in [-0.4, -0.2) is 5.91 Å². The Bertz CT molecular complexity index is 808. The van der Waals surface area contributed by atoms with Gasteiger partial charge in [-0.2, -0.15) is 0 Å². The molecule has 0 aliphatic carbocycles. The van der Waals surface area contributed by atoms with Crippen molar-refractivity contribution in [3.05, 3.63) is 76.0 Å². The lowest BCUT2D eigenvalue weighted by Crippen LogP contribution is -2.09. The zero-order chi connectivity index (χ0) is 16.2. The smallest absolute Gasteiger partial charge is 0.265 e. The molecule has 0 bridgehead atoms. The van der Waals surface area contributed by atoms with E-state index in [0.29, 0.717) is 4.88 Å². The topological polar surface area (TPSA) is 38.3 Å². The standard InChI is InChI=1S/C19H17NO2S/c1-13-5-8-17(12-14(13)2)22-16-9-6-15(7-10-16)20-19(21)18-4-3-11-23-18/h3-12H,1-2H3,(H,20,21). The van der Waals surface area contributed by atoms with Crippen molar-refractivity contribution < 1.29 is 9.53 Å². The predicted molar refractivity (Wildman–Crippen MR) is 94.7 cm³/mol. The van der Waals surface area contributed by atoms with E-state index in [9.17, 15) is 4.79 Å². The number of nitrogens with one attached hydrogen (secondary N) is 1. The second kappa shape index (κ2) is 6.67. The van der Waals surface area contributed by atoms with Gasteiger partial charge >= 0.3 is 0 Å². The van der Waals surface area contributed by atoms with Crippen LogP contribution in [0.5, 0.6) is 11.5 Å². The number of thiophene rings is 1. The van der Waals surface area contributed by atoms with Crippen molar-refractivity contribution in [3.63, 3.8) is 0 Å². The number of hydrogen-bond acceptors (Lipinski definition) is 3. The maximum Gasteiger partial charge on any atom is 0.265 e. The molecule has 1 aromatic heterocycles. The number of ether oxygens (including phenoxy) is 1. The molecule has 116 valence electrons. The third-order valence-corrected chi connectivity index (χ3v) is 4.44. The van der Waals surface area contributed by atoms with Crippen molar-refractivity contribution in [2.45, 2.75) is 13.8 Å². The first kappa shape index (κ1) is 15.3.